The largest absolute Gasteiger partial charge is 0.492 e. The van der Waals surface area contributed by atoms with Crippen molar-refractivity contribution in [1.82, 2.24) is 9.62 Å². The normalized spacial score (nSPS) is 15.7. The summed E-state index contributed by atoms with van der Waals surface area (Å²) in [6.07, 6.45) is 2.29. The summed E-state index contributed by atoms with van der Waals surface area (Å²) in [5.41, 5.74) is 0. The standard InChI is InChI=1S/C15H22N2O4S/c1-2-15(18)16-9-12-21-13-5-7-14(8-6-13)22(19,20)17-10-3-4-11-17/h5-8H,2-4,9-12H2,1H3,(H,16,18). The Bertz CT molecular complexity index is 592. The van der Waals surface area contributed by atoms with Gasteiger partial charge in [0.1, 0.15) is 12.4 Å². The summed E-state index contributed by atoms with van der Waals surface area (Å²) in [7, 11) is -3.37. The molecule has 0 saturated carbocycles. The van der Waals surface area contributed by atoms with Gasteiger partial charge in [-0.1, -0.05) is 6.92 Å². The number of amides is 1. The predicted octanol–water partition coefficient (Wildman–Crippen LogP) is 1.38. The molecule has 0 unspecified atom stereocenters. The van der Waals surface area contributed by atoms with Crippen LogP contribution in [-0.2, 0) is 14.8 Å². The Hall–Kier alpha value is -1.60. The van der Waals surface area contributed by atoms with Crippen molar-refractivity contribution >= 4 is 15.9 Å². The Morgan fingerprint density at radius 1 is 1.23 bits per heavy atom. The SMILES string of the molecule is CCC(=O)NCCOc1ccc(S(=O)(=O)N2CCCC2)cc1. The third kappa shape index (κ3) is 4.20. The zero-order chi connectivity index (χ0) is 16.0. The van der Waals surface area contributed by atoms with Gasteiger partial charge in [0, 0.05) is 19.5 Å². The summed E-state index contributed by atoms with van der Waals surface area (Å²) >= 11 is 0. The number of nitrogens with one attached hydrogen (secondary N) is 1. The van der Waals surface area contributed by atoms with Crippen LogP contribution in [0.2, 0.25) is 0 Å². The van der Waals surface area contributed by atoms with Crippen LogP contribution in [0.5, 0.6) is 5.75 Å². The Morgan fingerprint density at radius 2 is 1.86 bits per heavy atom. The summed E-state index contributed by atoms with van der Waals surface area (Å²) in [5, 5.41) is 2.71. The highest BCUT2D eigenvalue weighted by atomic mass is 32.2. The molecule has 1 fully saturated rings. The molecule has 1 amide bonds. The number of nitrogens with zero attached hydrogens (tertiary/aromatic N) is 1. The van der Waals surface area contributed by atoms with Crippen molar-refractivity contribution in [3.63, 3.8) is 0 Å². The van der Waals surface area contributed by atoms with Gasteiger partial charge in [0.25, 0.3) is 0 Å². The molecule has 1 aromatic carbocycles. The van der Waals surface area contributed by atoms with Crippen LogP contribution in [0, 0.1) is 0 Å². The molecule has 1 N–H and O–H groups in total. The maximum absolute atomic E-state index is 12.4. The summed E-state index contributed by atoms with van der Waals surface area (Å²) in [4.78, 5) is 11.4. The fourth-order valence-corrected chi connectivity index (χ4v) is 3.79. The first-order valence-corrected chi connectivity index (χ1v) is 8.98. The maximum atomic E-state index is 12.4. The van der Waals surface area contributed by atoms with Crippen molar-refractivity contribution in [2.24, 2.45) is 0 Å². The quantitative estimate of drug-likeness (QED) is 0.768. The molecule has 2 rings (SSSR count). The fraction of sp³-hybridized carbons (Fsp3) is 0.533. The summed E-state index contributed by atoms with van der Waals surface area (Å²) in [5.74, 6) is 0.571. The Kier molecular flexibility index (Phi) is 5.79. The zero-order valence-corrected chi connectivity index (χ0v) is 13.6. The van der Waals surface area contributed by atoms with E-state index >= 15 is 0 Å². The van der Waals surface area contributed by atoms with Crippen LogP contribution in [-0.4, -0.2) is 44.9 Å². The molecule has 0 atom stereocenters. The molecule has 1 heterocycles. The van der Waals surface area contributed by atoms with Crippen LogP contribution in [0.25, 0.3) is 0 Å². The zero-order valence-electron chi connectivity index (χ0n) is 12.7. The maximum Gasteiger partial charge on any atom is 0.243 e. The lowest BCUT2D eigenvalue weighted by molar-refractivity contribution is -0.120. The van der Waals surface area contributed by atoms with E-state index in [0.717, 1.165) is 12.8 Å². The lowest BCUT2D eigenvalue weighted by Crippen LogP contribution is -2.28. The van der Waals surface area contributed by atoms with E-state index in [1.54, 1.807) is 31.2 Å². The molecule has 22 heavy (non-hydrogen) atoms. The van der Waals surface area contributed by atoms with E-state index in [4.69, 9.17) is 4.74 Å². The predicted molar refractivity (Wildman–Crippen MR) is 83.2 cm³/mol. The van der Waals surface area contributed by atoms with Gasteiger partial charge in [-0.15, -0.1) is 0 Å². The monoisotopic (exact) mass is 326 g/mol. The first-order valence-electron chi connectivity index (χ1n) is 7.53. The van der Waals surface area contributed by atoms with Crippen molar-refractivity contribution in [3.05, 3.63) is 24.3 Å². The summed E-state index contributed by atoms with van der Waals surface area (Å²) in [6, 6.07) is 6.41. The molecule has 1 aliphatic rings. The highest BCUT2D eigenvalue weighted by Crippen LogP contribution is 2.22. The van der Waals surface area contributed by atoms with E-state index in [-0.39, 0.29) is 5.91 Å². The molecule has 0 radical (unpaired) electrons. The molecule has 1 saturated heterocycles. The van der Waals surface area contributed by atoms with Crippen molar-refractivity contribution in [2.75, 3.05) is 26.2 Å². The highest BCUT2D eigenvalue weighted by molar-refractivity contribution is 7.89. The van der Waals surface area contributed by atoms with Gasteiger partial charge < -0.3 is 10.1 Å². The number of rotatable bonds is 7. The van der Waals surface area contributed by atoms with E-state index in [9.17, 15) is 13.2 Å². The van der Waals surface area contributed by atoms with Gasteiger partial charge in [0.15, 0.2) is 0 Å². The van der Waals surface area contributed by atoms with Crippen molar-refractivity contribution < 1.29 is 17.9 Å². The van der Waals surface area contributed by atoms with Gasteiger partial charge in [-0.05, 0) is 37.1 Å². The number of ether oxygens (including phenoxy) is 1. The average Bonchev–Trinajstić information content (AvgIpc) is 3.07. The van der Waals surface area contributed by atoms with Crippen LogP contribution < -0.4 is 10.1 Å². The van der Waals surface area contributed by atoms with Gasteiger partial charge in [-0.3, -0.25) is 4.79 Å². The Balaban J connectivity index is 1.88. The molecular weight excluding hydrogens is 304 g/mol. The second-order valence-electron chi connectivity index (χ2n) is 5.13. The van der Waals surface area contributed by atoms with Crippen molar-refractivity contribution in [3.8, 4) is 5.75 Å². The second kappa shape index (κ2) is 7.60. The van der Waals surface area contributed by atoms with Gasteiger partial charge >= 0.3 is 0 Å². The Labute approximate surface area is 131 Å². The van der Waals surface area contributed by atoms with Crippen LogP contribution in [0.1, 0.15) is 26.2 Å². The first-order chi connectivity index (χ1) is 10.5. The van der Waals surface area contributed by atoms with E-state index in [1.807, 2.05) is 0 Å². The van der Waals surface area contributed by atoms with Gasteiger partial charge in [-0.25, -0.2) is 8.42 Å². The third-order valence-electron chi connectivity index (χ3n) is 3.54. The number of sulfonamides is 1. The number of hydrogen-bond acceptors (Lipinski definition) is 4. The van der Waals surface area contributed by atoms with Crippen molar-refractivity contribution in [2.45, 2.75) is 31.1 Å². The van der Waals surface area contributed by atoms with Crippen LogP contribution >= 0.6 is 0 Å². The molecule has 0 aliphatic carbocycles. The van der Waals surface area contributed by atoms with E-state index in [0.29, 0.717) is 43.3 Å². The minimum absolute atomic E-state index is 0.0179. The lowest BCUT2D eigenvalue weighted by atomic mass is 10.3. The fourth-order valence-electron chi connectivity index (χ4n) is 2.27. The van der Waals surface area contributed by atoms with E-state index in [1.165, 1.54) is 4.31 Å². The Morgan fingerprint density at radius 3 is 2.45 bits per heavy atom. The second-order valence-corrected chi connectivity index (χ2v) is 7.07. The molecule has 1 aromatic rings. The number of benzene rings is 1. The van der Waals surface area contributed by atoms with Crippen LogP contribution in [0.15, 0.2) is 29.2 Å². The third-order valence-corrected chi connectivity index (χ3v) is 5.45. The topological polar surface area (TPSA) is 75.7 Å². The minimum atomic E-state index is -3.37. The summed E-state index contributed by atoms with van der Waals surface area (Å²) < 4.78 is 31.7. The molecular formula is C15H22N2O4S. The van der Waals surface area contributed by atoms with Gasteiger partial charge in [-0.2, -0.15) is 4.31 Å². The average molecular weight is 326 g/mol. The molecule has 7 heteroatoms. The molecule has 1 aliphatic heterocycles. The molecule has 0 spiro atoms. The smallest absolute Gasteiger partial charge is 0.243 e. The van der Waals surface area contributed by atoms with E-state index < -0.39 is 10.0 Å². The van der Waals surface area contributed by atoms with Crippen LogP contribution in [0.4, 0.5) is 0 Å². The first kappa shape index (κ1) is 16.8. The molecule has 122 valence electrons. The number of hydrogen-bond donors (Lipinski definition) is 1. The number of carbonyl (C=O) groups is 1. The molecule has 6 nitrogen and oxygen atoms in total. The minimum Gasteiger partial charge on any atom is -0.492 e. The molecule has 0 bridgehead atoms. The highest BCUT2D eigenvalue weighted by Gasteiger charge is 2.26. The number of carbonyl (C=O) groups excluding carboxylic acids is 1. The van der Waals surface area contributed by atoms with Crippen LogP contribution in [0.3, 0.4) is 0 Å². The molecule has 0 aromatic heterocycles. The van der Waals surface area contributed by atoms with Gasteiger partial charge in [0.2, 0.25) is 15.9 Å². The van der Waals surface area contributed by atoms with E-state index in [2.05, 4.69) is 5.32 Å². The van der Waals surface area contributed by atoms with Crippen molar-refractivity contribution in [1.29, 1.82) is 0 Å². The van der Waals surface area contributed by atoms with Gasteiger partial charge in [0.05, 0.1) is 11.4 Å². The summed E-state index contributed by atoms with van der Waals surface area (Å²) in [6.45, 7) is 3.76. The lowest BCUT2D eigenvalue weighted by Gasteiger charge is -2.15.